The first kappa shape index (κ1) is 38.4. The zero-order valence-electron chi connectivity index (χ0n) is 27.7. The van der Waals surface area contributed by atoms with E-state index in [0.717, 1.165) is 68.6 Å². The first-order chi connectivity index (χ1) is 22.2. The summed E-state index contributed by atoms with van der Waals surface area (Å²) in [6.07, 6.45) is 7.20. The smallest absolute Gasteiger partial charge is 0.325 e. The number of halogens is 2. The quantitative estimate of drug-likeness (QED) is 0.116. The van der Waals surface area contributed by atoms with Crippen LogP contribution >= 0.6 is 24.8 Å². The van der Waals surface area contributed by atoms with Crippen LogP contribution in [0.25, 0.3) is 11.0 Å². The number of ether oxygens (including phenoxy) is 2. The van der Waals surface area contributed by atoms with Crippen molar-refractivity contribution < 1.29 is 19.1 Å². The van der Waals surface area contributed by atoms with Crippen LogP contribution in [0.2, 0.25) is 0 Å². The van der Waals surface area contributed by atoms with Gasteiger partial charge in [-0.2, -0.15) is 0 Å². The molecular formula is C34H48Cl2N8O4. The van der Waals surface area contributed by atoms with Crippen molar-refractivity contribution in [1.82, 2.24) is 19.8 Å². The van der Waals surface area contributed by atoms with Crippen LogP contribution in [0.1, 0.15) is 70.2 Å². The van der Waals surface area contributed by atoms with Crippen molar-refractivity contribution in [2.45, 2.75) is 84.0 Å². The maximum Gasteiger partial charge on any atom is 0.325 e. The van der Waals surface area contributed by atoms with E-state index in [9.17, 15) is 9.59 Å². The van der Waals surface area contributed by atoms with Gasteiger partial charge in [0, 0.05) is 43.2 Å². The van der Waals surface area contributed by atoms with E-state index in [1.165, 1.54) is 6.42 Å². The van der Waals surface area contributed by atoms with Crippen LogP contribution in [0.3, 0.4) is 0 Å². The third-order valence-electron chi connectivity index (χ3n) is 8.79. The molecule has 262 valence electrons. The van der Waals surface area contributed by atoms with E-state index < -0.39 is 0 Å². The third-order valence-corrected chi connectivity index (χ3v) is 8.79. The van der Waals surface area contributed by atoms with E-state index in [2.05, 4.69) is 10.2 Å². The SMILES string of the molecule is CCOC(=O)CN(Cc1nc2cc(C(=N)N)ccc2n1CC(=O)NC1CCCCC1)c1ccc(OC2CCN(C(C)=N)CC2)cc1.Cl.Cl. The summed E-state index contributed by atoms with van der Waals surface area (Å²) in [7, 11) is 0. The Bertz CT molecular complexity index is 1550. The molecule has 1 aromatic heterocycles. The number of nitrogens with zero attached hydrogens (tertiary/aromatic N) is 4. The van der Waals surface area contributed by atoms with Gasteiger partial charge in [-0.3, -0.25) is 20.4 Å². The number of imidazole rings is 1. The van der Waals surface area contributed by atoms with Gasteiger partial charge in [-0.25, -0.2) is 4.98 Å². The molecule has 1 saturated heterocycles. The summed E-state index contributed by atoms with van der Waals surface area (Å²) in [6, 6.07) is 13.2. The minimum Gasteiger partial charge on any atom is -0.490 e. The summed E-state index contributed by atoms with van der Waals surface area (Å²) in [5.41, 5.74) is 8.47. The predicted octanol–water partition coefficient (Wildman–Crippen LogP) is 5.02. The van der Waals surface area contributed by atoms with Crippen LogP contribution in [0.15, 0.2) is 42.5 Å². The highest BCUT2D eigenvalue weighted by molar-refractivity contribution is 5.98. The zero-order chi connectivity index (χ0) is 32.6. The second-order valence-electron chi connectivity index (χ2n) is 12.2. The maximum atomic E-state index is 13.3. The fourth-order valence-corrected chi connectivity index (χ4v) is 6.32. The van der Waals surface area contributed by atoms with Crippen molar-refractivity contribution in [2.75, 3.05) is 31.1 Å². The number of likely N-dealkylation sites (tertiary alicyclic amines) is 1. The molecule has 2 heterocycles. The topological polar surface area (TPSA) is 163 Å². The molecule has 0 atom stereocenters. The van der Waals surface area contributed by atoms with Gasteiger partial charge >= 0.3 is 5.97 Å². The minimum atomic E-state index is -0.368. The van der Waals surface area contributed by atoms with E-state index in [4.69, 9.17) is 31.0 Å². The number of fused-ring (bicyclic) bond motifs is 1. The van der Waals surface area contributed by atoms with Crippen molar-refractivity contribution in [3.05, 3.63) is 53.9 Å². The molecule has 2 aliphatic rings. The van der Waals surface area contributed by atoms with E-state index in [-0.39, 0.29) is 80.9 Å². The zero-order valence-corrected chi connectivity index (χ0v) is 29.3. The lowest BCUT2D eigenvalue weighted by Crippen LogP contribution is -2.40. The molecule has 5 N–H and O–H groups in total. The van der Waals surface area contributed by atoms with E-state index in [1.807, 2.05) is 46.7 Å². The predicted molar refractivity (Wildman–Crippen MR) is 193 cm³/mol. The first-order valence-corrected chi connectivity index (χ1v) is 16.3. The lowest BCUT2D eigenvalue weighted by Gasteiger charge is -2.33. The number of esters is 1. The van der Waals surface area contributed by atoms with Crippen LogP contribution in [-0.2, 0) is 27.4 Å². The Morgan fingerprint density at radius 3 is 2.33 bits per heavy atom. The molecule has 0 radical (unpaired) electrons. The number of nitrogens with two attached hydrogens (primary N) is 1. The molecule has 14 heteroatoms. The van der Waals surface area contributed by atoms with Gasteiger partial charge in [0.15, 0.2) is 0 Å². The summed E-state index contributed by atoms with van der Waals surface area (Å²) < 4.78 is 13.4. The molecule has 1 aliphatic heterocycles. The standard InChI is InChI=1S/C34H46N8O4.2ClH/c1-3-45-33(44)22-41(26-10-12-27(13-11-26)46-28-15-17-40(18-16-28)23(2)35)20-31-39-29-19-24(34(36)37)9-14-30(29)42(31)21-32(43)38-25-7-5-4-6-8-25;;/h9-14,19,25,28,35H,3-8,15-18,20-22H2,1-2H3,(H3,36,37)(H,38,43);2*1H. The van der Waals surface area contributed by atoms with Crippen molar-refractivity contribution in [3.8, 4) is 5.75 Å². The Kier molecular flexibility index (Phi) is 14.4. The van der Waals surface area contributed by atoms with Gasteiger partial charge in [0.2, 0.25) is 5.91 Å². The molecule has 5 rings (SSSR count). The number of benzene rings is 2. The maximum absolute atomic E-state index is 13.3. The lowest BCUT2D eigenvalue weighted by molar-refractivity contribution is -0.141. The number of piperidine rings is 1. The molecule has 0 spiro atoms. The number of hydrogen-bond donors (Lipinski definition) is 4. The average Bonchev–Trinajstić information content (AvgIpc) is 3.37. The number of nitrogen functional groups attached to an aromatic ring is 1. The summed E-state index contributed by atoms with van der Waals surface area (Å²) in [4.78, 5) is 34.9. The van der Waals surface area contributed by atoms with Crippen LogP contribution in [0.5, 0.6) is 5.75 Å². The number of nitrogens with one attached hydrogen (secondary N) is 3. The Morgan fingerprint density at radius 2 is 1.71 bits per heavy atom. The van der Waals surface area contributed by atoms with Crippen LogP contribution in [0, 0.1) is 10.8 Å². The van der Waals surface area contributed by atoms with Gasteiger partial charge in [0.25, 0.3) is 0 Å². The molecule has 1 saturated carbocycles. The van der Waals surface area contributed by atoms with Crippen molar-refractivity contribution in [2.24, 2.45) is 5.73 Å². The fraction of sp³-hybridized carbons (Fsp3) is 0.500. The summed E-state index contributed by atoms with van der Waals surface area (Å²) in [5.74, 6) is 1.42. The van der Waals surface area contributed by atoms with E-state index >= 15 is 0 Å². The average molecular weight is 704 g/mol. The van der Waals surface area contributed by atoms with E-state index in [0.29, 0.717) is 22.7 Å². The number of carbonyl (C=O) groups excluding carboxylic acids is 2. The molecule has 12 nitrogen and oxygen atoms in total. The van der Waals surface area contributed by atoms with Gasteiger partial charge in [0.05, 0.1) is 30.0 Å². The fourth-order valence-electron chi connectivity index (χ4n) is 6.32. The van der Waals surface area contributed by atoms with E-state index in [1.54, 1.807) is 19.1 Å². The first-order valence-electron chi connectivity index (χ1n) is 16.3. The van der Waals surface area contributed by atoms with Gasteiger partial charge < -0.3 is 34.9 Å². The second kappa shape index (κ2) is 17.9. The number of hydrogen-bond acceptors (Lipinski definition) is 8. The van der Waals surface area contributed by atoms with Crippen LogP contribution in [0.4, 0.5) is 5.69 Å². The van der Waals surface area contributed by atoms with Crippen molar-refractivity contribution in [1.29, 1.82) is 10.8 Å². The Hall–Kier alpha value is -4.03. The number of anilines is 1. The molecule has 2 aromatic carbocycles. The van der Waals surface area contributed by atoms with Gasteiger partial charge in [-0.1, -0.05) is 19.3 Å². The monoisotopic (exact) mass is 702 g/mol. The van der Waals surface area contributed by atoms with Crippen molar-refractivity contribution >= 4 is 65.1 Å². The highest BCUT2D eigenvalue weighted by Gasteiger charge is 2.23. The molecule has 0 unspecified atom stereocenters. The number of carbonyl (C=O) groups is 2. The summed E-state index contributed by atoms with van der Waals surface area (Å²) in [6.45, 7) is 5.78. The molecule has 1 aliphatic carbocycles. The highest BCUT2D eigenvalue weighted by atomic mass is 35.5. The number of amides is 1. The second-order valence-corrected chi connectivity index (χ2v) is 12.2. The van der Waals surface area contributed by atoms with Crippen molar-refractivity contribution in [3.63, 3.8) is 0 Å². The molecule has 48 heavy (non-hydrogen) atoms. The Balaban J connectivity index is 0.00000312. The molecular weight excluding hydrogens is 655 g/mol. The van der Waals surface area contributed by atoms with Gasteiger partial charge in [-0.15, -0.1) is 24.8 Å². The number of rotatable bonds is 12. The molecule has 3 aromatic rings. The van der Waals surface area contributed by atoms with Gasteiger partial charge in [-0.05, 0) is 69.2 Å². The summed E-state index contributed by atoms with van der Waals surface area (Å²) >= 11 is 0. The number of amidine groups is 2. The Morgan fingerprint density at radius 1 is 1.02 bits per heavy atom. The lowest BCUT2D eigenvalue weighted by atomic mass is 9.95. The number of aromatic nitrogens is 2. The highest BCUT2D eigenvalue weighted by Crippen LogP contribution is 2.26. The molecule has 0 bridgehead atoms. The Labute approximate surface area is 294 Å². The van der Waals surface area contributed by atoms with Crippen LogP contribution < -0.4 is 20.7 Å². The molecule has 2 fully saturated rings. The molecule has 1 amide bonds. The normalized spacial score (nSPS) is 15.2. The third kappa shape index (κ3) is 9.99. The minimum absolute atomic E-state index is 0. The van der Waals surface area contributed by atoms with Crippen LogP contribution in [-0.4, -0.2) is 76.4 Å². The largest absolute Gasteiger partial charge is 0.490 e. The van der Waals surface area contributed by atoms with Gasteiger partial charge in [0.1, 0.15) is 36.6 Å². The summed E-state index contributed by atoms with van der Waals surface area (Å²) in [5, 5.41) is 19.0.